The first-order valence-corrected chi connectivity index (χ1v) is 6.90. The Morgan fingerprint density at radius 3 is 2.90 bits per heavy atom. The van der Waals surface area contributed by atoms with Crippen molar-refractivity contribution in [2.24, 2.45) is 0 Å². The number of carboxylic acid groups (broad SMARTS) is 1. The molecule has 5 nitrogen and oxygen atoms in total. The van der Waals surface area contributed by atoms with Gasteiger partial charge in [-0.1, -0.05) is 18.2 Å². The first kappa shape index (κ1) is 13.1. The molecule has 106 valence electrons. The van der Waals surface area contributed by atoms with E-state index in [9.17, 15) is 9.59 Å². The van der Waals surface area contributed by atoms with Crippen LogP contribution < -0.4 is 0 Å². The van der Waals surface area contributed by atoms with Crippen molar-refractivity contribution in [3.63, 3.8) is 0 Å². The number of benzene rings is 1. The van der Waals surface area contributed by atoms with Gasteiger partial charge >= 0.3 is 5.97 Å². The molecule has 5 heteroatoms. The molecular formula is C15H17NO4. The topological polar surface area (TPSA) is 66.8 Å². The van der Waals surface area contributed by atoms with E-state index in [1.807, 2.05) is 24.3 Å². The standard InChI is InChI=1S/C15H17NO4/c17-14-12-4-2-1-3-10(12)7-8-16(14)9-11-5-6-13(20-11)15(18)19/h1-4,11,13H,5-9H2,(H,18,19). The number of ether oxygens (including phenoxy) is 1. The lowest BCUT2D eigenvalue weighted by Gasteiger charge is -2.30. The molecule has 1 amide bonds. The molecule has 1 aromatic carbocycles. The first-order chi connectivity index (χ1) is 9.65. The lowest BCUT2D eigenvalue weighted by atomic mass is 9.99. The number of carboxylic acids is 1. The predicted octanol–water partition coefficient (Wildman–Crippen LogP) is 1.32. The zero-order chi connectivity index (χ0) is 14.1. The lowest BCUT2D eigenvalue weighted by molar-refractivity contribution is -0.149. The van der Waals surface area contributed by atoms with E-state index in [-0.39, 0.29) is 12.0 Å². The average Bonchev–Trinajstić information content (AvgIpc) is 2.91. The number of rotatable bonds is 3. The van der Waals surface area contributed by atoms with Gasteiger partial charge in [0.15, 0.2) is 6.10 Å². The maximum atomic E-state index is 12.4. The van der Waals surface area contributed by atoms with E-state index in [0.29, 0.717) is 25.9 Å². The van der Waals surface area contributed by atoms with Gasteiger partial charge in [0.25, 0.3) is 5.91 Å². The number of nitrogens with zero attached hydrogens (tertiary/aromatic N) is 1. The molecule has 2 aliphatic heterocycles. The smallest absolute Gasteiger partial charge is 0.332 e. The summed E-state index contributed by atoms with van der Waals surface area (Å²) in [5, 5.41) is 8.91. The van der Waals surface area contributed by atoms with Gasteiger partial charge in [-0.25, -0.2) is 4.79 Å². The Morgan fingerprint density at radius 1 is 1.35 bits per heavy atom. The molecule has 0 radical (unpaired) electrons. The minimum Gasteiger partial charge on any atom is -0.479 e. The Kier molecular flexibility index (Phi) is 3.44. The number of carbonyl (C=O) groups excluding carboxylic acids is 1. The second-order valence-corrected chi connectivity index (χ2v) is 5.32. The normalized spacial score (nSPS) is 25.6. The van der Waals surface area contributed by atoms with E-state index in [0.717, 1.165) is 17.5 Å². The Hall–Kier alpha value is -1.88. The zero-order valence-corrected chi connectivity index (χ0v) is 11.1. The van der Waals surface area contributed by atoms with E-state index in [1.54, 1.807) is 4.90 Å². The third-order valence-electron chi connectivity index (χ3n) is 3.99. The van der Waals surface area contributed by atoms with Crippen LogP contribution >= 0.6 is 0 Å². The van der Waals surface area contributed by atoms with Crippen LogP contribution in [0, 0.1) is 0 Å². The number of carbonyl (C=O) groups is 2. The molecular weight excluding hydrogens is 258 g/mol. The molecule has 1 fully saturated rings. The van der Waals surface area contributed by atoms with Crippen LogP contribution in [-0.2, 0) is 16.0 Å². The fraction of sp³-hybridized carbons (Fsp3) is 0.467. The SMILES string of the molecule is O=C(O)C1CCC(CN2CCc3ccccc3C2=O)O1. The number of amides is 1. The van der Waals surface area contributed by atoms with E-state index in [1.165, 1.54) is 0 Å². The van der Waals surface area contributed by atoms with Gasteiger partial charge in [-0.05, 0) is 30.9 Å². The average molecular weight is 275 g/mol. The van der Waals surface area contributed by atoms with Crippen LogP contribution in [-0.4, -0.2) is 47.2 Å². The van der Waals surface area contributed by atoms with Crippen LogP contribution in [0.5, 0.6) is 0 Å². The fourth-order valence-corrected chi connectivity index (χ4v) is 2.92. The molecule has 0 aliphatic carbocycles. The number of hydrogen-bond acceptors (Lipinski definition) is 3. The second-order valence-electron chi connectivity index (χ2n) is 5.32. The van der Waals surface area contributed by atoms with E-state index in [4.69, 9.17) is 9.84 Å². The van der Waals surface area contributed by atoms with Gasteiger partial charge in [0, 0.05) is 18.7 Å². The number of fused-ring (bicyclic) bond motifs is 1. The number of aliphatic carboxylic acids is 1. The van der Waals surface area contributed by atoms with Crippen molar-refractivity contribution >= 4 is 11.9 Å². The zero-order valence-electron chi connectivity index (χ0n) is 11.1. The van der Waals surface area contributed by atoms with Gasteiger partial charge < -0.3 is 14.7 Å². The monoisotopic (exact) mass is 275 g/mol. The van der Waals surface area contributed by atoms with Crippen molar-refractivity contribution in [3.05, 3.63) is 35.4 Å². The fourth-order valence-electron chi connectivity index (χ4n) is 2.92. The molecule has 1 aromatic rings. The first-order valence-electron chi connectivity index (χ1n) is 6.90. The summed E-state index contributed by atoms with van der Waals surface area (Å²) in [6.45, 7) is 1.16. The predicted molar refractivity (Wildman–Crippen MR) is 71.6 cm³/mol. The summed E-state index contributed by atoms with van der Waals surface area (Å²) in [6.07, 6.45) is 1.19. The summed E-state index contributed by atoms with van der Waals surface area (Å²) < 4.78 is 5.47. The molecule has 3 rings (SSSR count). The van der Waals surface area contributed by atoms with Crippen LogP contribution in [0.1, 0.15) is 28.8 Å². The molecule has 0 aromatic heterocycles. The van der Waals surface area contributed by atoms with Gasteiger partial charge in [0.1, 0.15) is 0 Å². The van der Waals surface area contributed by atoms with Gasteiger partial charge in [0.2, 0.25) is 0 Å². The molecule has 2 atom stereocenters. The third kappa shape index (κ3) is 2.41. The van der Waals surface area contributed by atoms with Crippen molar-refractivity contribution in [3.8, 4) is 0 Å². The van der Waals surface area contributed by atoms with E-state index >= 15 is 0 Å². The van der Waals surface area contributed by atoms with Crippen molar-refractivity contribution in [2.45, 2.75) is 31.5 Å². The van der Waals surface area contributed by atoms with E-state index < -0.39 is 12.1 Å². The quantitative estimate of drug-likeness (QED) is 0.903. The van der Waals surface area contributed by atoms with Crippen molar-refractivity contribution < 1.29 is 19.4 Å². The van der Waals surface area contributed by atoms with Crippen LogP contribution in [0.4, 0.5) is 0 Å². The van der Waals surface area contributed by atoms with Gasteiger partial charge in [-0.15, -0.1) is 0 Å². The molecule has 0 bridgehead atoms. The Morgan fingerprint density at radius 2 is 2.15 bits per heavy atom. The van der Waals surface area contributed by atoms with Crippen molar-refractivity contribution in [1.29, 1.82) is 0 Å². The summed E-state index contributed by atoms with van der Waals surface area (Å²) in [5.74, 6) is -0.892. The summed E-state index contributed by atoms with van der Waals surface area (Å²) in [7, 11) is 0. The van der Waals surface area contributed by atoms with Crippen LogP contribution in [0.2, 0.25) is 0 Å². The van der Waals surface area contributed by atoms with E-state index in [2.05, 4.69) is 0 Å². The summed E-state index contributed by atoms with van der Waals surface area (Å²) in [6, 6.07) is 7.64. The second kappa shape index (κ2) is 5.25. The molecule has 0 saturated carbocycles. The van der Waals surface area contributed by atoms with Crippen LogP contribution in [0.3, 0.4) is 0 Å². The minimum atomic E-state index is -0.914. The third-order valence-corrected chi connectivity index (χ3v) is 3.99. The highest BCUT2D eigenvalue weighted by Crippen LogP contribution is 2.24. The molecule has 1 saturated heterocycles. The Balaban J connectivity index is 1.66. The van der Waals surface area contributed by atoms with Gasteiger partial charge in [-0.2, -0.15) is 0 Å². The molecule has 2 aliphatic rings. The lowest BCUT2D eigenvalue weighted by Crippen LogP contribution is -2.42. The minimum absolute atomic E-state index is 0.0224. The maximum Gasteiger partial charge on any atom is 0.332 e. The molecule has 1 N–H and O–H groups in total. The Bertz CT molecular complexity index is 542. The highest BCUT2D eigenvalue weighted by Gasteiger charge is 2.33. The van der Waals surface area contributed by atoms with Gasteiger partial charge in [-0.3, -0.25) is 4.79 Å². The molecule has 20 heavy (non-hydrogen) atoms. The summed E-state index contributed by atoms with van der Waals surface area (Å²) >= 11 is 0. The highest BCUT2D eigenvalue weighted by molar-refractivity contribution is 5.96. The number of hydrogen-bond donors (Lipinski definition) is 1. The maximum absolute atomic E-state index is 12.4. The molecule has 2 heterocycles. The van der Waals surface area contributed by atoms with Crippen LogP contribution in [0.25, 0.3) is 0 Å². The van der Waals surface area contributed by atoms with Crippen LogP contribution in [0.15, 0.2) is 24.3 Å². The van der Waals surface area contributed by atoms with Crippen molar-refractivity contribution in [1.82, 2.24) is 4.90 Å². The molecule has 2 unspecified atom stereocenters. The van der Waals surface area contributed by atoms with Gasteiger partial charge in [0.05, 0.1) is 6.10 Å². The summed E-state index contributed by atoms with van der Waals surface area (Å²) in [5.41, 5.74) is 1.84. The largest absolute Gasteiger partial charge is 0.479 e. The highest BCUT2D eigenvalue weighted by atomic mass is 16.5. The Labute approximate surface area is 117 Å². The molecule has 0 spiro atoms. The summed E-state index contributed by atoms with van der Waals surface area (Å²) in [4.78, 5) is 25.0. The van der Waals surface area contributed by atoms with Crippen molar-refractivity contribution in [2.75, 3.05) is 13.1 Å².